The molecule has 0 bridgehead atoms. The summed E-state index contributed by atoms with van der Waals surface area (Å²) in [6.45, 7) is 1.88. The van der Waals surface area contributed by atoms with E-state index in [1.807, 2.05) is 13.0 Å². The fourth-order valence-electron chi connectivity index (χ4n) is 1.14. The third-order valence-electron chi connectivity index (χ3n) is 1.82. The zero-order valence-electron chi connectivity index (χ0n) is 7.79. The first-order chi connectivity index (χ1) is 6.63. The van der Waals surface area contributed by atoms with E-state index in [4.69, 9.17) is 21.4 Å². The number of carbonyl (C=O) groups is 1. The number of alkyl halides is 1. The van der Waals surface area contributed by atoms with Crippen LogP contribution in [0.3, 0.4) is 0 Å². The fourth-order valence-corrected chi connectivity index (χ4v) is 1.26. The Kier molecular flexibility index (Phi) is 3.77. The summed E-state index contributed by atoms with van der Waals surface area (Å²) in [6.07, 6.45) is -0.00107. The molecular formula is C10H11ClO3. The highest BCUT2D eigenvalue weighted by atomic mass is 35.5. The third kappa shape index (κ3) is 2.92. The number of carboxylic acid groups (broad SMARTS) is 1. The number of hydrogen-bond acceptors (Lipinski definition) is 2. The Morgan fingerprint density at radius 1 is 1.57 bits per heavy atom. The maximum absolute atomic E-state index is 10.5. The van der Waals surface area contributed by atoms with Crippen molar-refractivity contribution in [2.45, 2.75) is 13.3 Å². The van der Waals surface area contributed by atoms with Crippen LogP contribution >= 0.6 is 11.6 Å². The summed E-state index contributed by atoms with van der Waals surface area (Å²) in [5, 5.41) is 8.59. The molecule has 0 aliphatic rings. The number of carboxylic acids is 1. The van der Waals surface area contributed by atoms with Gasteiger partial charge in [-0.15, -0.1) is 0 Å². The Morgan fingerprint density at radius 3 is 2.86 bits per heavy atom. The lowest BCUT2D eigenvalue weighted by molar-refractivity contribution is -0.136. The van der Waals surface area contributed by atoms with Gasteiger partial charge in [-0.25, -0.2) is 0 Å². The molecule has 0 unspecified atom stereocenters. The highest BCUT2D eigenvalue weighted by molar-refractivity contribution is 6.17. The van der Waals surface area contributed by atoms with E-state index in [2.05, 4.69) is 0 Å². The molecule has 14 heavy (non-hydrogen) atoms. The molecule has 0 saturated heterocycles. The van der Waals surface area contributed by atoms with Crippen LogP contribution in [0.4, 0.5) is 0 Å². The van der Waals surface area contributed by atoms with E-state index in [1.165, 1.54) is 0 Å². The highest BCUT2D eigenvalue weighted by Gasteiger charge is 2.04. The molecule has 1 rings (SSSR count). The van der Waals surface area contributed by atoms with Gasteiger partial charge in [-0.3, -0.25) is 4.79 Å². The second-order valence-corrected chi connectivity index (χ2v) is 3.14. The number of ether oxygens (including phenoxy) is 1. The summed E-state index contributed by atoms with van der Waals surface area (Å²) < 4.78 is 5.13. The minimum Gasteiger partial charge on any atom is -0.481 e. The molecular weight excluding hydrogens is 204 g/mol. The summed E-state index contributed by atoms with van der Waals surface area (Å²) in [7, 11) is 0. The van der Waals surface area contributed by atoms with Crippen LogP contribution in [0, 0.1) is 6.92 Å². The van der Waals surface area contributed by atoms with Gasteiger partial charge < -0.3 is 9.84 Å². The van der Waals surface area contributed by atoms with Crippen molar-refractivity contribution in [2.24, 2.45) is 0 Å². The summed E-state index contributed by atoms with van der Waals surface area (Å²) >= 11 is 5.43. The van der Waals surface area contributed by atoms with Crippen LogP contribution in [0.2, 0.25) is 0 Å². The van der Waals surface area contributed by atoms with Gasteiger partial charge >= 0.3 is 5.97 Å². The standard InChI is InChI=1S/C10H11ClO3/c1-7-2-3-8(5-10(12)13)4-9(7)14-6-11/h2-4H,5-6H2,1H3,(H,12,13). The first-order valence-corrected chi connectivity index (χ1v) is 4.67. The van der Waals surface area contributed by atoms with Gasteiger partial charge in [0.2, 0.25) is 0 Å². The van der Waals surface area contributed by atoms with E-state index >= 15 is 0 Å². The summed E-state index contributed by atoms with van der Waals surface area (Å²) in [4.78, 5) is 10.5. The molecule has 0 amide bonds. The van der Waals surface area contributed by atoms with Gasteiger partial charge in [-0.05, 0) is 24.1 Å². The number of aliphatic carboxylic acids is 1. The van der Waals surface area contributed by atoms with Crippen molar-refractivity contribution in [1.29, 1.82) is 0 Å². The molecule has 0 aliphatic heterocycles. The van der Waals surface area contributed by atoms with Crippen LogP contribution in [0.15, 0.2) is 18.2 Å². The Morgan fingerprint density at radius 2 is 2.29 bits per heavy atom. The number of hydrogen-bond donors (Lipinski definition) is 1. The Bertz CT molecular complexity index is 336. The molecule has 4 heteroatoms. The van der Waals surface area contributed by atoms with Crippen LogP contribution in [0.5, 0.6) is 5.75 Å². The van der Waals surface area contributed by atoms with Crippen molar-refractivity contribution >= 4 is 17.6 Å². The molecule has 0 radical (unpaired) electrons. The lowest BCUT2D eigenvalue weighted by Crippen LogP contribution is -2.01. The minimum atomic E-state index is -0.856. The molecule has 1 aromatic carbocycles. The molecule has 0 aromatic heterocycles. The second-order valence-electron chi connectivity index (χ2n) is 2.92. The van der Waals surface area contributed by atoms with Gasteiger partial charge in [-0.1, -0.05) is 23.7 Å². The van der Waals surface area contributed by atoms with E-state index in [0.29, 0.717) is 11.3 Å². The molecule has 76 valence electrons. The summed E-state index contributed by atoms with van der Waals surface area (Å²) in [6, 6.07) is 5.36. The molecule has 0 atom stereocenters. The van der Waals surface area contributed by atoms with E-state index < -0.39 is 5.97 Å². The molecule has 0 spiro atoms. The average molecular weight is 215 g/mol. The first-order valence-electron chi connectivity index (χ1n) is 4.13. The van der Waals surface area contributed by atoms with Crippen LogP contribution < -0.4 is 4.74 Å². The first kappa shape index (κ1) is 10.9. The maximum atomic E-state index is 10.5. The van der Waals surface area contributed by atoms with Gasteiger partial charge in [0.25, 0.3) is 0 Å². The summed E-state index contributed by atoms with van der Waals surface area (Å²) in [5.41, 5.74) is 1.66. The zero-order chi connectivity index (χ0) is 10.6. The van der Waals surface area contributed by atoms with E-state index in [-0.39, 0.29) is 12.5 Å². The van der Waals surface area contributed by atoms with E-state index in [9.17, 15) is 4.79 Å². The van der Waals surface area contributed by atoms with Crippen LogP contribution in [0.25, 0.3) is 0 Å². The van der Waals surface area contributed by atoms with E-state index in [0.717, 1.165) is 5.56 Å². The SMILES string of the molecule is Cc1ccc(CC(=O)O)cc1OCCl. The largest absolute Gasteiger partial charge is 0.481 e. The topological polar surface area (TPSA) is 46.5 Å². The molecule has 0 saturated carbocycles. The molecule has 0 fully saturated rings. The van der Waals surface area contributed by atoms with Crippen LogP contribution in [-0.2, 0) is 11.2 Å². The number of rotatable bonds is 4. The van der Waals surface area contributed by atoms with Gasteiger partial charge in [0, 0.05) is 0 Å². The monoisotopic (exact) mass is 214 g/mol. The van der Waals surface area contributed by atoms with Crippen molar-refractivity contribution in [3.05, 3.63) is 29.3 Å². The number of aryl methyl sites for hydroxylation is 1. The maximum Gasteiger partial charge on any atom is 0.307 e. The second kappa shape index (κ2) is 4.86. The molecule has 1 aromatic rings. The van der Waals surface area contributed by atoms with Gasteiger partial charge in [0.1, 0.15) is 5.75 Å². The van der Waals surface area contributed by atoms with Crippen molar-refractivity contribution < 1.29 is 14.6 Å². The van der Waals surface area contributed by atoms with Crippen molar-refractivity contribution in [3.8, 4) is 5.75 Å². The number of benzene rings is 1. The van der Waals surface area contributed by atoms with Crippen LogP contribution in [0.1, 0.15) is 11.1 Å². The van der Waals surface area contributed by atoms with Crippen molar-refractivity contribution in [1.82, 2.24) is 0 Å². The Balaban J connectivity index is 2.88. The zero-order valence-corrected chi connectivity index (χ0v) is 8.54. The normalized spacial score (nSPS) is 9.86. The van der Waals surface area contributed by atoms with Crippen LogP contribution in [-0.4, -0.2) is 17.1 Å². The van der Waals surface area contributed by atoms with Crippen molar-refractivity contribution in [2.75, 3.05) is 6.07 Å². The average Bonchev–Trinajstić information content (AvgIpc) is 2.10. The Labute approximate surface area is 87.3 Å². The van der Waals surface area contributed by atoms with E-state index in [1.54, 1.807) is 12.1 Å². The molecule has 1 N–H and O–H groups in total. The third-order valence-corrected chi connectivity index (χ3v) is 1.93. The van der Waals surface area contributed by atoms with Gasteiger partial charge in [0.05, 0.1) is 6.42 Å². The van der Waals surface area contributed by atoms with Crippen molar-refractivity contribution in [3.63, 3.8) is 0 Å². The predicted molar refractivity (Wildman–Crippen MR) is 53.9 cm³/mol. The van der Waals surface area contributed by atoms with Gasteiger partial charge in [-0.2, -0.15) is 0 Å². The molecule has 0 aliphatic carbocycles. The predicted octanol–water partition coefficient (Wildman–Crippen LogP) is 2.20. The van der Waals surface area contributed by atoms with Gasteiger partial charge in [0.15, 0.2) is 6.07 Å². The molecule has 3 nitrogen and oxygen atoms in total. The number of halogens is 1. The lowest BCUT2D eigenvalue weighted by atomic mass is 10.1. The Hall–Kier alpha value is -1.22. The minimum absolute atomic E-state index is 0.00107. The molecule has 0 heterocycles. The smallest absolute Gasteiger partial charge is 0.307 e. The fraction of sp³-hybridized carbons (Fsp3) is 0.300. The summed E-state index contributed by atoms with van der Waals surface area (Å²) in [5.74, 6) is -0.218. The quantitative estimate of drug-likeness (QED) is 0.782. The highest BCUT2D eigenvalue weighted by Crippen LogP contribution is 2.20. The lowest BCUT2D eigenvalue weighted by Gasteiger charge is -2.07.